The minimum atomic E-state index is 0.810. The van der Waals surface area contributed by atoms with E-state index in [1.807, 2.05) is 0 Å². The molecule has 1 saturated carbocycles. The van der Waals surface area contributed by atoms with Crippen LogP contribution in [0.4, 0.5) is 0 Å². The van der Waals surface area contributed by atoms with Crippen molar-refractivity contribution in [1.29, 1.82) is 0 Å². The Kier molecular flexibility index (Phi) is 9.06. The molecule has 4 atom stereocenters. The van der Waals surface area contributed by atoms with Crippen LogP contribution in [0.25, 0.3) is 0 Å². The summed E-state index contributed by atoms with van der Waals surface area (Å²) in [6.45, 7) is 6.33. The highest BCUT2D eigenvalue weighted by Gasteiger charge is 2.26. The van der Waals surface area contributed by atoms with Gasteiger partial charge in [-0.1, -0.05) is 83.3 Å². The van der Waals surface area contributed by atoms with Crippen molar-refractivity contribution in [1.82, 2.24) is 4.90 Å². The van der Waals surface area contributed by atoms with Crippen LogP contribution in [-0.2, 0) is 0 Å². The van der Waals surface area contributed by atoms with Crippen molar-refractivity contribution in [2.24, 2.45) is 23.7 Å². The lowest BCUT2D eigenvalue weighted by Crippen LogP contribution is -2.31. The minimum Gasteiger partial charge on any atom is -0.303 e. The molecule has 3 aliphatic rings. The van der Waals surface area contributed by atoms with Crippen molar-refractivity contribution < 1.29 is 0 Å². The molecule has 0 aromatic carbocycles. The Bertz CT molecular complexity index is 401. The summed E-state index contributed by atoms with van der Waals surface area (Å²) in [5.74, 6) is 3.85. The number of nitrogens with zero attached hydrogens (tertiary/aromatic N) is 1. The maximum absolute atomic E-state index is 2.79. The minimum absolute atomic E-state index is 0.810. The first-order valence-corrected chi connectivity index (χ1v) is 12.2. The summed E-state index contributed by atoms with van der Waals surface area (Å²) >= 11 is 0. The van der Waals surface area contributed by atoms with Crippen LogP contribution in [-0.4, -0.2) is 24.5 Å². The van der Waals surface area contributed by atoms with Gasteiger partial charge in [-0.3, -0.25) is 0 Å². The van der Waals surface area contributed by atoms with Gasteiger partial charge in [0.1, 0.15) is 0 Å². The van der Waals surface area contributed by atoms with Gasteiger partial charge in [0.25, 0.3) is 0 Å². The van der Waals surface area contributed by atoms with Crippen LogP contribution in [0.1, 0.15) is 103 Å². The lowest BCUT2D eigenvalue weighted by atomic mass is 9.75. The zero-order chi connectivity index (χ0) is 18.0. The molecule has 0 N–H and O–H groups in total. The fourth-order valence-corrected chi connectivity index (χ4v) is 6.18. The van der Waals surface area contributed by atoms with Crippen LogP contribution in [0.3, 0.4) is 0 Å². The molecule has 0 amide bonds. The third-order valence-electron chi connectivity index (χ3n) is 7.61. The predicted molar refractivity (Wildman–Crippen MR) is 114 cm³/mol. The maximum atomic E-state index is 2.79. The average molecular weight is 360 g/mol. The molecule has 150 valence electrons. The van der Waals surface area contributed by atoms with Crippen molar-refractivity contribution in [2.75, 3.05) is 19.6 Å². The van der Waals surface area contributed by atoms with Crippen LogP contribution in [0.15, 0.2) is 12.2 Å². The van der Waals surface area contributed by atoms with Crippen LogP contribution in [0, 0.1) is 23.7 Å². The number of allylic oxidation sites excluding steroid dienone is 1. The molecule has 2 fully saturated rings. The fourth-order valence-electron chi connectivity index (χ4n) is 6.18. The van der Waals surface area contributed by atoms with Gasteiger partial charge in [-0.15, -0.1) is 0 Å². The van der Waals surface area contributed by atoms with Crippen molar-refractivity contribution >= 4 is 0 Å². The topological polar surface area (TPSA) is 3.24 Å². The first-order chi connectivity index (χ1) is 12.8. The van der Waals surface area contributed by atoms with E-state index >= 15 is 0 Å². The first kappa shape index (κ1) is 20.4. The van der Waals surface area contributed by atoms with Gasteiger partial charge in [-0.25, -0.2) is 0 Å². The van der Waals surface area contributed by atoms with E-state index in [0.717, 1.165) is 23.7 Å². The highest BCUT2D eigenvalue weighted by molar-refractivity contribution is 4.94. The normalized spacial score (nSPS) is 37.0. The molecular formula is C25H45N. The lowest BCUT2D eigenvalue weighted by molar-refractivity contribution is 0.212. The largest absolute Gasteiger partial charge is 0.303 e. The third kappa shape index (κ3) is 6.70. The standard InChI is InChI=1S/C25H45N/c1-2-18-26-19-8-4-3-5-11-22-12-9-16-24-14-6-7-15-25(24)17-10-13-23(20-22)21-26/h10,13,22-25H,2-9,11-12,14-21H2,1H3/b13-10-/t22-,23?,24?,25?/m0/s1. The van der Waals surface area contributed by atoms with Crippen LogP contribution < -0.4 is 0 Å². The summed E-state index contributed by atoms with van der Waals surface area (Å²) in [5.41, 5.74) is 0. The summed E-state index contributed by atoms with van der Waals surface area (Å²) in [6.07, 6.45) is 27.4. The van der Waals surface area contributed by atoms with E-state index in [2.05, 4.69) is 24.0 Å². The third-order valence-corrected chi connectivity index (χ3v) is 7.61. The monoisotopic (exact) mass is 359 g/mol. The Balaban J connectivity index is 1.69. The second-order valence-electron chi connectivity index (χ2n) is 9.76. The van der Waals surface area contributed by atoms with Gasteiger partial charge in [-0.05, 0) is 68.9 Å². The Morgan fingerprint density at radius 3 is 2.42 bits per heavy atom. The summed E-state index contributed by atoms with van der Waals surface area (Å²) in [6, 6.07) is 0. The van der Waals surface area contributed by atoms with Gasteiger partial charge in [0.05, 0.1) is 0 Å². The molecule has 1 heteroatoms. The van der Waals surface area contributed by atoms with E-state index in [-0.39, 0.29) is 0 Å². The number of hydrogen-bond acceptors (Lipinski definition) is 1. The quantitative estimate of drug-likeness (QED) is 0.470. The molecule has 3 rings (SSSR count). The molecule has 2 bridgehead atoms. The smallest absolute Gasteiger partial charge is 0.00444 e. The Labute approximate surface area is 164 Å². The molecule has 3 unspecified atom stereocenters. The SMILES string of the molecule is CCCN1CCCCCC[C@H]2CCCC3CCCCC3C/C=C\C(C2)C1. The van der Waals surface area contributed by atoms with Gasteiger partial charge >= 0.3 is 0 Å². The maximum Gasteiger partial charge on any atom is 0.00444 e. The van der Waals surface area contributed by atoms with E-state index in [9.17, 15) is 0 Å². The molecule has 0 aromatic rings. The highest BCUT2D eigenvalue weighted by atomic mass is 15.1. The first-order valence-electron chi connectivity index (χ1n) is 12.2. The molecule has 26 heavy (non-hydrogen) atoms. The van der Waals surface area contributed by atoms with Crippen LogP contribution in [0.5, 0.6) is 0 Å². The average Bonchev–Trinajstić information content (AvgIpc) is 2.71. The van der Waals surface area contributed by atoms with Crippen LogP contribution in [0.2, 0.25) is 0 Å². The molecule has 1 heterocycles. The van der Waals surface area contributed by atoms with Crippen molar-refractivity contribution in [3.8, 4) is 0 Å². The summed E-state index contributed by atoms with van der Waals surface area (Å²) < 4.78 is 0. The van der Waals surface area contributed by atoms with E-state index < -0.39 is 0 Å². The number of rotatable bonds is 2. The van der Waals surface area contributed by atoms with E-state index in [1.54, 1.807) is 0 Å². The molecular weight excluding hydrogens is 314 g/mol. The molecule has 0 spiro atoms. The molecule has 1 saturated heterocycles. The van der Waals surface area contributed by atoms with Crippen LogP contribution >= 0.6 is 0 Å². The zero-order valence-corrected chi connectivity index (χ0v) is 17.6. The van der Waals surface area contributed by atoms with Gasteiger partial charge in [0.2, 0.25) is 0 Å². The highest BCUT2D eigenvalue weighted by Crippen LogP contribution is 2.38. The molecule has 2 aliphatic carbocycles. The van der Waals surface area contributed by atoms with Gasteiger partial charge in [0.15, 0.2) is 0 Å². The second kappa shape index (κ2) is 11.5. The van der Waals surface area contributed by atoms with Crippen molar-refractivity contribution in [3.63, 3.8) is 0 Å². The summed E-state index contributed by atoms with van der Waals surface area (Å²) in [5, 5.41) is 0. The molecule has 0 aromatic heterocycles. The number of fused-ring (bicyclic) bond motifs is 3. The molecule has 1 aliphatic heterocycles. The van der Waals surface area contributed by atoms with Gasteiger partial charge in [0, 0.05) is 6.54 Å². The molecule has 1 nitrogen and oxygen atoms in total. The summed E-state index contributed by atoms with van der Waals surface area (Å²) in [7, 11) is 0. The summed E-state index contributed by atoms with van der Waals surface area (Å²) in [4.78, 5) is 2.79. The fraction of sp³-hybridized carbons (Fsp3) is 0.920. The second-order valence-corrected chi connectivity index (χ2v) is 9.76. The molecule has 0 radical (unpaired) electrons. The van der Waals surface area contributed by atoms with E-state index in [0.29, 0.717) is 0 Å². The Morgan fingerprint density at radius 1 is 0.808 bits per heavy atom. The Morgan fingerprint density at radius 2 is 1.54 bits per heavy atom. The van der Waals surface area contributed by atoms with Gasteiger partial charge < -0.3 is 4.90 Å². The number of hydrogen-bond donors (Lipinski definition) is 0. The van der Waals surface area contributed by atoms with Crippen molar-refractivity contribution in [3.05, 3.63) is 12.2 Å². The Hall–Kier alpha value is -0.300. The zero-order valence-electron chi connectivity index (χ0n) is 17.6. The van der Waals surface area contributed by atoms with Crippen molar-refractivity contribution in [2.45, 2.75) is 103 Å². The lowest BCUT2D eigenvalue weighted by Gasteiger charge is -2.31. The predicted octanol–water partition coefficient (Wildman–Crippen LogP) is 7.22. The van der Waals surface area contributed by atoms with Gasteiger partial charge in [-0.2, -0.15) is 0 Å². The van der Waals surface area contributed by atoms with E-state index in [4.69, 9.17) is 0 Å². The van der Waals surface area contributed by atoms with E-state index in [1.165, 1.54) is 116 Å².